The van der Waals surface area contributed by atoms with E-state index < -0.39 is 0 Å². The zero-order valence-corrected chi connectivity index (χ0v) is 8.58. The summed E-state index contributed by atoms with van der Waals surface area (Å²) in [7, 11) is 0. The van der Waals surface area contributed by atoms with Gasteiger partial charge in [-0.25, -0.2) is 4.98 Å². The number of nitriles is 1. The van der Waals surface area contributed by atoms with Crippen molar-refractivity contribution in [3.05, 3.63) is 23.8 Å². The lowest BCUT2D eigenvalue weighted by atomic mass is 10.2. The van der Waals surface area contributed by atoms with Gasteiger partial charge in [-0.05, 0) is 24.5 Å². The average Bonchev–Trinajstić information content (AvgIpc) is 2.58. The third kappa shape index (κ3) is 1.53. The lowest BCUT2D eigenvalue weighted by Crippen LogP contribution is -1.72. The van der Waals surface area contributed by atoms with E-state index in [0.717, 1.165) is 14.6 Å². The lowest BCUT2D eigenvalue weighted by Gasteiger charge is -1.86. The SMILES string of the molecule is CSc1nc2ccc(C#N)cc2s1. The van der Waals surface area contributed by atoms with E-state index >= 15 is 0 Å². The third-order valence-corrected chi connectivity index (χ3v) is 3.68. The zero-order valence-electron chi connectivity index (χ0n) is 6.94. The number of hydrogen-bond donors (Lipinski definition) is 0. The van der Waals surface area contributed by atoms with Crippen LogP contribution in [-0.2, 0) is 0 Å². The molecule has 2 aromatic rings. The van der Waals surface area contributed by atoms with E-state index in [1.54, 1.807) is 29.2 Å². The molecular weight excluding hydrogens is 200 g/mol. The van der Waals surface area contributed by atoms with Gasteiger partial charge in [-0.1, -0.05) is 11.8 Å². The van der Waals surface area contributed by atoms with E-state index in [0.29, 0.717) is 5.56 Å². The number of benzene rings is 1. The van der Waals surface area contributed by atoms with Gasteiger partial charge in [-0.3, -0.25) is 0 Å². The van der Waals surface area contributed by atoms with E-state index in [2.05, 4.69) is 11.1 Å². The number of nitrogens with zero attached hydrogens (tertiary/aromatic N) is 2. The highest BCUT2D eigenvalue weighted by atomic mass is 32.2. The Kier molecular flexibility index (Phi) is 2.21. The molecule has 0 spiro atoms. The standard InChI is InChI=1S/C9H6N2S2/c1-12-9-11-7-3-2-6(5-10)4-8(7)13-9/h2-4H,1H3. The Morgan fingerprint density at radius 2 is 2.38 bits per heavy atom. The number of hydrogen-bond acceptors (Lipinski definition) is 4. The van der Waals surface area contributed by atoms with E-state index in [4.69, 9.17) is 5.26 Å². The lowest BCUT2D eigenvalue weighted by molar-refractivity contribution is 1.31. The second-order valence-electron chi connectivity index (χ2n) is 2.48. The summed E-state index contributed by atoms with van der Waals surface area (Å²) in [5.74, 6) is 0. The Morgan fingerprint density at radius 1 is 1.54 bits per heavy atom. The van der Waals surface area contributed by atoms with Crippen molar-refractivity contribution >= 4 is 33.3 Å². The van der Waals surface area contributed by atoms with Crippen LogP contribution in [0.3, 0.4) is 0 Å². The van der Waals surface area contributed by atoms with Crippen molar-refractivity contribution in [2.45, 2.75) is 4.34 Å². The minimum atomic E-state index is 0.698. The molecule has 0 amide bonds. The molecule has 0 fully saturated rings. The monoisotopic (exact) mass is 206 g/mol. The molecule has 0 aliphatic heterocycles. The van der Waals surface area contributed by atoms with Crippen molar-refractivity contribution in [3.63, 3.8) is 0 Å². The Bertz CT molecular complexity index is 482. The van der Waals surface area contributed by atoms with Crippen LogP contribution in [0.2, 0.25) is 0 Å². The Morgan fingerprint density at radius 3 is 3.08 bits per heavy atom. The summed E-state index contributed by atoms with van der Waals surface area (Å²) in [6, 6.07) is 7.69. The third-order valence-electron chi connectivity index (χ3n) is 1.67. The van der Waals surface area contributed by atoms with Crippen LogP contribution < -0.4 is 0 Å². The highest BCUT2D eigenvalue weighted by Crippen LogP contribution is 2.28. The number of fused-ring (bicyclic) bond motifs is 1. The zero-order chi connectivity index (χ0) is 9.26. The van der Waals surface area contributed by atoms with Gasteiger partial charge in [0.25, 0.3) is 0 Å². The van der Waals surface area contributed by atoms with E-state index in [9.17, 15) is 0 Å². The van der Waals surface area contributed by atoms with Crippen molar-refractivity contribution in [1.29, 1.82) is 5.26 Å². The first-order chi connectivity index (χ1) is 6.33. The molecule has 64 valence electrons. The molecule has 0 radical (unpaired) electrons. The smallest absolute Gasteiger partial charge is 0.150 e. The molecule has 0 aliphatic rings. The van der Waals surface area contributed by atoms with Gasteiger partial charge in [0, 0.05) is 0 Å². The Hall–Kier alpha value is -1.05. The average molecular weight is 206 g/mol. The van der Waals surface area contributed by atoms with E-state index in [1.807, 2.05) is 18.4 Å². The summed E-state index contributed by atoms with van der Waals surface area (Å²) in [6.07, 6.45) is 2.00. The summed E-state index contributed by atoms with van der Waals surface area (Å²) < 4.78 is 2.13. The fourth-order valence-corrected chi connectivity index (χ4v) is 2.59. The van der Waals surface area contributed by atoms with Gasteiger partial charge in [0.15, 0.2) is 4.34 Å². The van der Waals surface area contributed by atoms with Crippen LogP contribution in [0.25, 0.3) is 10.2 Å². The van der Waals surface area contributed by atoms with Crippen molar-refractivity contribution in [2.75, 3.05) is 6.26 Å². The molecule has 2 nitrogen and oxygen atoms in total. The highest BCUT2D eigenvalue weighted by Gasteiger charge is 2.02. The van der Waals surface area contributed by atoms with Crippen LogP contribution in [0.15, 0.2) is 22.5 Å². The molecule has 0 saturated heterocycles. The molecule has 0 bridgehead atoms. The van der Waals surface area contributed by atoms with Gasteiger partial charge in [0.1, 0.15) is 0 Å². The second-order valence-corrected chi connectivity index (χ2v) is 4.56. The van der Waals surface area contributed by atoms with Gasteiger partial charge < -0.3 is 0 Å². The topological polar surface area (TPSA) is 36.7 Å². The van der Waals surface area contributed by atoms with E-state index in [-0.39, 0.29) is 0 Å². The molecule has 0 aliphatic carbocycles. The summed E-state index contributed by atoms with van der Waals surface area (Å²) in [5.41, 5.74) is 1.68. The van der Waals surface area contributed by atoms with Gasteiger partial charge in [0.05, 0.1) is 21.8 Å². The second kappa shape index (κ2) is 3.36. The predicted octanol–water partition coefficient (Wildman–Crippen LogP) is 2.89. The molecule has 0 atom stereocenters. The number of thiazole rings is 1. The molecule has 0 unspecified atom stereocenters. The maximum atomic E-state index is 8.69. The van der Waals surface area contributed by atoms with Gasteiger partial charge in [-0.15, -0.1) is 11.3 Å². The maximum Gasteiger partial charge on any atom is 0.150 e. The Labute approximate surface area is 84.2 Å². The molecule has 1 heterocycles. The number of aromatic nitrogens is 1. The van der Waals surface area contributed by atoms with Crippen LogP contribution >= 0.6 is 23.1 Å². The van der Waals surface area contributed by atoms with E-state index in [1.165, 1.54) is 0 Å². The molecule has 1 aromatic carbocycles. The maximum absolute atomic E-state index is 8.69. The fourth-order valence-electron chi connectivity index (χ4n) is 1.06. The van der Waals surface area contributed by atoms with Crippen molar-refractivity contribution < 1.29 is 0 Å². The van der Waals surface area contributed by atoms with Crippen LogP contribution in [0.4, 0.5) is 0 Å². The summed E-state index contributed by atoms with van der Waals surface area (Å²) in [5, 5.41) is 8.69. The predicted molar refractivity (Wildman–Crippen MR) is 56.1 cm³/mol. The van der Waals surface area contributed by atoms with Gasteiger partial charge >= 0.3 is 0 Å². The van der Waals surface area contributed by atoms with Gasteiger partial charge in [0.2, 0.25) is 0 Å². The number of thioether (sulfide) groups is 1. The normalized spacial score (nSPS) is 10.2. The van der Waals surface area contributed by atoms with Crippen LogP contribution in [0.5, 0.6) is 0 Å². The van der Waals surface area contributed by atoms with Crippen molar-refractivity contribution in [3.8, 4) is 6.07 Å². The first-order valence-corrected chi connectivity index (χ1v) is 5.72. The van der Waals surface area contributed by atoms with Crippen LogP contribution in [0.1, 0.15) is 5.56 Å². The minimum absolute atomic E-state index is 0.698. The van der Waals surface area contributed by atoms with Crippen LogP contribution in [-0.4, -0.2) is 11.2 Å². The molecule has 0 N–H and O–H groups in total. The summed E-state index contributed by atoms with van der Waals surface area (Å²) >= 11 is 3.26. The first kappa shape index (κ1) is 8.54. The molecule has 0 saturated carbocycles. The summed E-state index contributed by atoms with van der Waals surface area (Å²) in [6.45, 7) is 0. The van der Waals surface area contributed by atoms with Gasteiger partial charge in [-0.2, -0.15) is 5.26 Å². The molecule has 1 aromatic heterocycles. The molecule has 13 heavy (non-hydrogen) atoms. The summed E-state index contributed by atoms with van der Waals surface area (Å²) in [4.78, 5) is 4.38. The fraction of sp³-hybridized carbons (Fsp3) is 0.111. The van der Waals surface area contributed by atoms with Crippen LogP contribution in [0, 0.1) is 11.3 Å². The first-order valence-electron chi connectivity index (χ1n) is 3.68. The number of rotatable bonds is 1. The highest BCUT2D eigenvalue weighted by molar-refractivity contribution is 8.00. The van der Waals surface area contributed by atoms with Crippen molar-refractivity contribution in [1.82, 2.24) is 4.98 Å². The minimum Gasteiger partial charge on any atom is -0.230 e. The molecule has 2 rings (SSSR count). The molecule has 4 heteroatoms. The van der Waals surface area contributed by atoms with Crippen molar-refractivity contribution in [2.24, 2.45) is 0 Å². The molecular formula is C9H6N2S2. The Balaban J connectivity index is 2.65. The largest absolute Gasteiger partial charge is 0.230 e. The quantitative estimate of drug-likeness (QED) is 0.673.